The summed E-state index contributed by atoms with van der Waals surface area (Å²) < 4.78 is 5.13. The quantitative estimate of drug-likeness (QED) is 0.846. The van der Waals surface area contributed by atoms with Crippen LogP contribution in [0.2, 0.25) is 0 Å². The lowest BCUT2D eigenvalue weighted by Crippen LogP contribution is -2.03. The van der Waals surface area contributed by atoms with Crippen molar-refractivity contribution in [1.29, 1.82) is 0 Å². The summed E-state index contributed by atoms with van der Waals surface area (Å²) in [6.45, 7) is 2.68. The average molecular weight is 272 g/mol. The predicted octanol–water partition coefficient (Wildman–Crippen LogP) is 2.90. The molecule has 106 valence electrons. The van der Waals surface area contributed by atoms with Crippen LogP contribution in [0.1, 0.15) is 24.7 Å². The monoisotopic (exact) mass is 272 g/mol. The number of nitrogen functional groups attached to an aromatic ring is 1. The molecule has 0 atom stereocenters. The van der Waals surface area contributed by atoms with Gasteiger partial charge in [-0.15, -0.1) is 0 Å². The summed E-state index contributed by atoms with van der Waals surface area (Å²) in [5.41, 5.74) is 7.87. The van der Waals surface area contributed by atoms with Gasteiger partial charge in [0.25, 0.3) is 0 Å². The molecule has 1 aromatic carbocycles. The van der Waals surface area contributed by atoms with Gasteiger partial charge in [0, 0.05) is 25.3 Å². The number of nitrogens with one attached hydrogen (secondary N) is 1. The molecule has 0 fully saturated rings. The number of nitrogens with two attached hydrogens (primary N) is 1. The van der Waals surface area contributed by atoms with E-state index in [0.717, 1.165) is 35.7 Å². The molecular formula is C15H20N4O. The number of rotatable bonds is 6. The Bertz CT molecular complexity index is 572. The molecule has 0 spiro atoms. The van der Waals surface area contributed by atoms with Crippen LogP contribution in [0, 0.1) is 0 Å². The van der Waals surface area contributed by atoms with E-state index in [9.17, 15) is 0 Å². The van der Waals surface area contributed by atoms with Crippen molar-refractivity contribution in [3.8, 4) is 0 Å². The minimum absolute atomic E-state index is 0.485. The zero-order chi connectivity index (χ0) is 14.4. The van der Waals surface area contributed by atoms with Gasteiger partial charge in [-0.2, -0.15) is 0 Å². The molecule has 0 aliphatic rings. The van der Waals surface area contributed by atoms with Crippen molar-refractivity contribution < 1.29 is 4.74 Å². The standard InChI is InChI=1S/C15H20N4O/c1-3-5-14-18-13(16)9-15(19-14)17-12-7-4-6-11(8-12)10-20-2/h4,6-9H,3,5,10H2,1-2H3,(H3,16,17,18,19). The number of benzene rings is 1. The van der Waals surface area contributed by atoms with Crippen LogP contribution >= 0.6 is 0 Å². The lowest BCUT2D eigenvalue weighted by molar-refractivity contribution is 0.185. The van der Waals surface area contributed by atoms with Gasteiger partial charge in [-0.1, -0.05) is 19.1 Å². The second kappa shape index (κ2) is 6.86. The van der Waals surface area contributed by atoms with Gasteiger partial charge in [-0.05, 0) is 24.1 Å². The molecule has 1 aromatic heterocycles. The van der Waals surface area contributed by atoms with Crippen molar-refractivity contribution in [3.63, 3.8) is 0 Å². The maximum absolute atomic E-state index is 5.81. The maximum atomic E-state index is 5.81. The maximum Gasteiger partial charge on any atom is 0.136 e. The molecule has 5 nitrogen and oxygen atoms in total. The van der Waals surface area contributed by atoms with E-state index < -0.39 is 0 Å². The van der Waals surface area contributed by atoms with E-state index in [1.54, 1.807) is 13.2 Å². The van der Waals surface area contributed by atoms with Crippen molar-refractivity contribution in [2.45, 2.75) is 26.4 Å². The van der Waals surface area contributed by atoms with E-state index in [2.05, 4.69) is 22.2 Å². The Balaban J connectivity index is 2.18. The number of anilines is 3. The van der Waals surface area contributed by atoms with Crippen LogP contribution in [0.3, 0.4) is 0 Å². The second-order valence-electron chi connectivity index (χ2n) is 4.60. The van der Waals surface area contributed by atoms with Gasteiger partial charge in [-0.3, -0.25) is 0 Å². The zero-order valence-electron chi connectivity index (χ0n) is 11.9. The first kappa shape index (κ1) is 14.3. The van der Waals surface area contributed by atoms with Crippen LogP contribution in [-0.2, 0) is 17.8 Å². The molecule has 20 heavy (non-hydrogen) atoms. The molecule has 0 saturated carbocycles. The molecule has 5 heteroatoms. The fraction of sp³-hybridized carbons (Fsp3) is 0.333. The largest absolute Gasteiger partial charge is 0.384 e. The molecule has 0 bridgehead atoms. The molecule has 0 radical (unpaired) electrons. The highest BCUT2D eigenvalue weighted by atomic mass is 16.5. The molecule has 2 aromatic rings. The summed E-state index contributed by atoms with van der Waals surface area (Å²) >= 11 is 0. The first-order valence-corrected chi connectivity index (χ1v) is 6.69. The molecule has 1 heterocycles. The van der Waals surface area contributed by atoms with E-state index >= 15 is 0 Å². The number of hydrogen-bond donors (Lipinski definition) is 2. The molecule has 2 rings (SSSR count). The molecule has 0 aliphatic carbocycles. The molecule has 0 amide bonds. The van der Waals surface area contributed by atoms with Crippen LogP contribution in [0.15, 0.2) is 30.3 Å². The minimum Gasteiger partial charge on any atom is -0.384 e. The smallest absolute Gasteiger partial charge is 0.136 e. The summed E-state index contributed by atoms with van der Waals surface area (Å²) in [6, 6.07) is 9.75. The van der Waals surface area contributed by atoms with Crippen LogP contribution in [0.25, 0.3) is 0 Å². The molecular weight excluding hydrogens is 252 g/mol. The fourth-order valence-corrected chi connectivity index (χ4v) is 1.97. The summed E-state index contributed by atoms with van der Waals surface area (Å²) in [5, 5.41) is 3.26. The molecule has 0 unspecified atom stereocenters. The molecule has 3 N–H and O–H groups in total. The van der Waals surface area contributed by atoms with E-state index in [4.69, 9.17) is 10.5 Å². The SMILES string of the molecule is CCCc1nc(N)cc(Nc2cccc(COC)c2)n1. The van der Waals surface area contributed by atoms with E-state index in [1.807, 2.05) is 24.3 Å². The van der Waals surface area contributed by atoms with E-state index in [0.29, 0.717) is 12.4 Å². The Morgan fingerprint density at radius 2 is 2.10 bits per heavy atom. The summed E-state index contributed by atoms with van der Waals surface area (Å²) in [6.07, 6.45) is 1.82. The fourth-order valence-electron chi connectivity index (χ4n) is 1.97. The Morgan fingerprint density at radius 3 is 2.85 bits per heavy atom. The van der Waals surface area contributed by atoms with Gasteiger partial charge in [-0.25, -0.2) is 9.97 Å². The van der Waals surface area contributed by atoms with Crippen molar-refractivity contribution in [2.24, 2.45) is 0 Å². The van der Waals surface area contributed by atoms with Crippen LogP contribution in [0.5, 0.6) is 0 Å². The predicted molar refractivity (Wildman–Crippen MR) is 80.9 cm³/mol. The highest BCUT2D eigenvalue weighted by Gasteiger charge is 2.03. The number of hydrogen-bond acceptors (Lipinski definition) is 5. The highest BCUT2D eigenvalue weighted by molar-refractivity contribution is 5.59. The molecule has 0 aliphatic heterocycles. The summed E-state index contributed by atoms with van der Waals surface area (Å²) in [5.74, 6) is 1.97. The third-order valence-electron chi connectivity index (χ3n) is 2.78. The van der Waals surface area contributed by atoms with E-state index in [1.165, 1.54) is 0 Å². The van der Waals surface area contributed by atoms with Gasteiger partial charge >= 0.3 is 0 Å². The van der Waals surface area contributed by atoms with Crippen LogP contribution in [-0.4, -0.2) is 17.1 Å². The van der Waals surface area contributed by atoms with Gasteiger partial charge in [0.05, 0.1) is 6.61 Å². The second-order valence-corrected chi connectivity index (χ2v) is 4.60. The normalized spacial score (nSPS) is 10.5. The third-order valence-corrected chi connectivity index (χ3v) is 2.78. The first-order chi connectivity index (χ1) is 9.71. The van der Waals surface area contributed by atoms with E-state index in [-0.39, 0.29) is 0 Å². The number of nitrogens with zero attached hydrogens (tertiary/aromatic N) is 2. The summed E-state index contributed by atoms with van der Waals surface area (Å²) in [4.78, 5) is 8.68. The molecule has 0 saturated heterocycles. The first-order valence-electron chi connectivity index (χ1n) is 6.69. The lowest BCUT2D eigenvalue weighted by atomic mass is 10.2. The van der Waals surface area contributed by atoms with Gasteiger partial charge in [0.1, 0.15) is 17.5 Å². The topological polar surface area (TPSA) is 73.1 Å². The third kappa shape index (κ3) is 3.93. The van der Waals surface area contributed by atoms with Crippen molar-refractivity contribution >= 4 is 17.3 Å². The number of aryl methyl sites for hydroxylation is 1. The van der Waals surface area contributed by atoms with Gasteiger partial charge < -0.3 is 15.8 Å². The Labute approximate surface area is 119 Å². The van der Waals surface area contributed by atoms with Crippen LogP contribution < -0.4 is 11.1 Å². The number of aromatic nitrogens is 2. The average Bonchev–Trinajstić information content (AvgIpc) is 2.39. The van der Waals surface area contributed by atoms with Gasteiger partial charge in [0.2, 0.25) is 0 Å². The van der Waals surface area contributed by atoms with Crippen molar-refractivity contribution in [2.75, 3.05) is 18.2 Å². The Kier molecular flexibility index (Phi) is 4.90. The van der Waals surface area contributed by atoms with Crippen molar-refractivity contribution in [1.82, 2.24) is 9.97 Å². The van der Waals surface area contributed by atoms with Gasteiger partial charge in [0.15, 0.2) is 0 Å². The Hall–Kier alpha value is -2.14. The van der Waals surface area contributed by atoms with Crippen molar-refractivity contribution in [3.05, 3.63) is 41.7 Å². The number of methoxy groups -OCH3 is 1. The summed E-state index contributed by atoms with van der Waals surface area (Å²) in [7, 11) is 1.68. The highest BCUT2D eigenvalue weighted by Crippen LogP contribution is 2.18. The minimum atomic E-state index is 0.485. The Morgan fingerprint density at radius 1 is 1.25 bits per heavy atom. The zero-order valence-corrected chi connectivity index (χ0v) is 11.9. The van der Waals surface area contributed by atoms with Crippen LogP contribution in [0.4, 0.5) is 17.3 Å². The number of ether oxygens (including phenoxy) is 1. The lowest BCUT2D eigenvalue weighted by Gasteiger charge is -2.09.